The molecule has 0 N–H and O–H groups in total. The Labute approximate surface area is 202 Å². The second-order valence-electron chi connectivity index (χ2n) is 7.86. The fourth-order valence-corrected chi connectivity index (χ4v) is 5.22. The van der Waals surface area contributed by atoms with Crippen LogP contribution in [0, 0.1) is 0 Å². The van der Waals surface area contributed by atoms with E-state index in [1.165, 1.54) is 23.6 Å². The van der Waals surface area contributed by atoms with Gasteiger partial charge in [-0.05, 0) is 17.5 Å². The molecule has 2 aromatic rings. The van der Waals surface area contributed by atoms with Gasteiger partial charge in [0.25, 0.3) is 5.91 Å². The molecular weight excluding hydrogens is 450 g/mol. The summed E-state index contributed by atoms with van der Waals surface area (Å²) in [5.41, 5.74) is 2.98. The Morgan fingerprint density at radius 3 is 2.29 bits per heavy atom. The maximum absolute atomic E-state index is 13.6. The molecule has 174 valence electrons. The van der Waals surface area contributed by atoms with Crippen LogP contribution in [0.3, 0.4) is 0 Å². The minimum absolute atomic E-state index is 0.0731. The zero-order valence-electron chi connectivity index (χ0n) is 18.8. The van der Waals surface area contributed by atoms with Crippen molar-refractivity contribution >= 4 is 29.6 Å². The standard InChI is InChI=1S/C27H25NO5S/c1-3-4-15-22-25(30)28-23(21(16-32-18(2)29)17-34-26(22)28)27(31)33-24(19-11-7-5-8-12-19)20-13-9-6-10-14-20/h3,5-15,24,26H,1,4,16-17H2,2H3/b22-15+/t26-/m1/s1. The first kappa shape index (κ1) is 23.6. The van der Waals surface area contributed by atoms with E-state index >= 15 is 0 Å². The molecule has 1 atom stereocenters. The van der Waals surface area contributed by atoms with Gasteiger partial charge in [0.15, 0.2) is 6.10 Å². The molecule has 2 aliphatic rings. The van der Waals surface area contributed by atoms with Gasteiger partial charge in [-0.25, -0.2) is 4.79 Å². The Bertz CT molecular complexity index is 1120. The highest BCUT2D eigenvalue weighted by molar-refractivity contribution is 8.00. The lowest BCUT2D eigenvalue weighted by Gasteiger charge is -2.46. The second-order valence-corrected chi connectivity index (χ2v) is 8.93. The average Bonchev–Trinajstić information content (AvgIpc) is 2.86. The van der Waals surface area contributed by atoms with Gasteiger partial charge in [0.2, 0.25) is 0 Å². The largest absolute Gasteiger partial charge is 0.461 e. The van der Waals surface area contributed by atoms with E-state index in [4.69, 9.17) is 9.47 Å². The fourth-order valence-electron chi connectivity index (χ4n) is 3.91. The monoisotopic (exact) mass is 475 g/mol. The zero-order chi connectivity index (χ0) is 24.1. The normalized spacial score (nSPS) is 18.4. The predicted octanol–water partition coefficient (Wildman–Crippen LogP) is 4.55. The van der Waals surface area contributed by atoms with Gasteiger partial charge in [-0.15, -0.1) is 18.3 Å². The van der Waals surface area contributed by atoms with Crippen molar-refractivity contribution in [3.05, 3.63) is 107 Å². The van der Waals surface area contributed by atoms with E-state index in [0.717, 1.165) is 11.1 Å². The van der Waals surface area contributed by atoms with Crippen LogP contribution in [0.25, 0.3) is 0 Å². The van der Waals surface area contributed by atoms with Crippen molar-refractivity contribution in [2.75, 3.05) is 12.4 Å². The summed E-state index contributed by atoms with van der Waals surface area (Å²) in [7, 11) is 0. The second kappa shape index (κ2) is 10.6. The van der Waals surface area contributed by atoms with Gasteiger partial charge < -0.3 is 9.47 Å². The number of carbonyl (C=O) groups is 3. The van der Waals surface area contributed by atoms with Crippen LogP contribution in [0.15, 0.2) is 96.2 Å². The molecule has 1 amide bonds. The fraction of sp³-hybridized carbons (Fsp3) is 0.222. The number of hydrogen-bond acceptors (Lipinski definition) is 6. The number of thioether (sulfide) groups is 1. The first-order chi connectivity index (χ1) is 16.5. The lowest BCUT2D eigenvalue weighted by atomic mass is 10.00. The van der Waals surface area contributed by atoms with Crippen LogP contribution in [0.4, 0.5) is 0 Å². The third-order valence-electron chi connectivity index (χ3n) is 5.53. The van der Waals surface area contributed by atoms with Crippen LogP contribution in [0.1, 0.15) is 30.6 Å². The van der Waals surface area contributed by atoms with Crippen molar-refractivity contribution in [3.63, 3.8) is 0 Å². The van der Waals surface area contributed by atoms with Crippen molar-refractivity contribution in [1.29, 1.82) is 0 Å². The van der Waals surface area contributed by atoms with Gasteiger partial charge in [-0.3, -0.25) is 14.5 Å². The van der Waals surface area contributed by atoms with Crippen molar-refractivity contribution in [2.45, 2.75) is 24.8 Å². The van der Waals surface area contributed by atoms with E-state index in [-0.39, 0.29) is 23.6 Å². The van der Waals surface area contributed by atoms with Crippen molar-refractivity contribution < 1.29 is 23.9 Å². The Kier molecular flexibility index (Phi) is 7.33. The predicted molar refractivity (Wildman–Crippen MR) is 130 cm³/mol. The first-order valence-corrected chi connectivity index (χ1v) is 12.0. The third kappa shape index (κ3) is 4.84. The molecule has 0 radical (unpaired) electrons. The van der Waals surface area contributed by atoms with Crippen LogP contribution in [-0.2, 0) is 23.9 Å². The molecule has 0 aliphatic carbocycles. The number of rotatable bonds is 8. The molecule has 0 unspecified atom stereocenters. The molecule has 2 aromatic carbocycles. The van der Waals surface area contributed by atoms with E-state index in [9.17, 15) is 14.4 Å². The van der Waals surface area contributed by atoms with Gasteiger partial charge in [-0.1, -0.05) is 72.8 Å². The Morgan fingerprint density at radius 1 is 1.12 bits per heavy atom. The maximum Gasteiger partial charge on any atom is 0.356 e. The maximum atomic E-state index is 13.6. The number of nitrogens with zero attached hydrogens (tertiary/aromatic N) is 1. The van der Waals surface area contributed by atoms with Gasteiger partial charge in [-0.2, -0.15) is 0 Å². The number of benzene rings is 2. The summed E-state index contributed by atoms with van der Waals surface area (Å²) in [6.07, 6.45) is 3.47. The molecule has 7 heteroatoms. The summed E-state index contributed by atoms with van der Waals surface area (Å²) in [4.78, 5) is 39.5. The minimum atomic E-state index is -0.655. The Balaban J connectivity index is 1.68. The highest BCUT2D eigenvalue weighted by atomic mass is 32.2. The van der Waals surface area contributed by atoms with Crippen LogP contribution in [-0.4, -0.2) is 40.5 Å². The van der Waals surface area contributed by atoms with Crippen LogP contribution in [0.5, 0.6) is 0 Å². The van der Waals surface area contributed by atoms with Crippen molar-refractivity contribution in [3.8, 4) is 0 Å². The van der Waals surface area contributed by atoms with E-state index in [1.807, 2.05) is 66.7 Å². The van der Waals surface area contributed by atoms with Crippen LogP contribution in [0.2, 0.25) is 0 Å². The molecule has 34 heavy (non-hydrogen) atoms. The number of ether oxygens (including phenoxy) is 2. The van der Waals surface area contributed by atoms with Gasteiger partial charge in [0, 0.05) is 23.8 Å². The van der Waals surface area contributed by atoms with Crippen LogP contribution < -0.4 is 0 Å². The van der Waals surface area contributed by atoms with Gasteiger partial charge >= 0.3 is 11.9 Å². The number of esters is 2. The molecule has 1 saturated heterocycles. The van der Waals surface area contributed by atoms with Crippen LogP contribution >= 0.6 is 11.8 Å². The third-order valence-corrected chi connectivity index (χ3v) is 6.83. The summed E-state index contributed by atoms with van der Waals surface area (Å²) in [5, 5.41) is -0.275. The van der Waals surface area contributed by atoms with E-state index < -0.39 is 18.0 Å². The molecule has 0 bridgehead atoms. The Hall–Kier alpha value is -3.58. The lowest BCUT2D eigenvalue weighted by Crippen LogP contribution is -2.56. The molecule has 2 aliphatic heterocycles. The molecule has 0 spiro atoms. The highest BCUT2D eigenvalue weighted by Crippen LogP contribution is 2.44. The highest BCUT2D eigenvalue weighted by Gasteiger charge is 2.50. The van der Waals surface area contributed by atoms with Gasteiger partial charge in [0.05, 0.1) is 0 Å². The van der Waals surface area contributed by atoms with Gasteiger partial charge in [0.1, 0.15) is 17.7 Å². The number of hydrogen-bond donors (Lipinski definition) is 0. The smallest absolute Gasteiger partial charge is 0.356 e. The number of allylic oxidation sites excluding steroid dienone is 2. The lowest BCUT2D eigenvalue weighted by molar-refractivity contribution is -0.149. The molecular formula is C27H25NO5S. The summed E-state index contributed by atoms with van der Waals surface area (Å²) >= 11 is 1.51. The molecule has 2 heterocycles. The van der Waals surface area contributed by atoms with Crippen molar-refractivity contribution in [2.24, 2.45) is 0 Å². The summed E-state index contributed by atoms with van der Waals surface area (Å²) in [5.74, 6) is -0.886. The molecule has 6 nitrogen and oxygen atoms in total. The number of amides is 1. The molecule has 0 aromatic heterocycles. The minimum Gasteiger partial charge on any atom is -0.461 e. The first-order valence-electron chi connectivity index (χ1n) is 10.9. The van der Waals surface area contributed by atoms with E-state index in [0.29, 0.717) is 23.3 Å². The molecule has 1 fully saturated rings. The summed E-state index contributed by atoms with van der Waals surface area (Å²) in [6.45, 7) is 4.93. The quantitative estimate of drug-likeness (QED) is 0.241. The molecule has 4 rings (SSSR count). The molecule has 0 saturated carbocycles. The summed E-state index contributed by atoms with van der Waals surface area (Å²) < 4.78 is 11.2. The number of carbonyl (C=O) groups excluding carboxylic acids is 3. The van der Waals surface area contributed by atoms with E-state index in [2.05, 4.69) is 6.58 Å². The van der Waals surface area contributed by atoms with Crippen molar-refractivity contribution in [1.82, 2.24) is 4.90 Å². The topological polar surface area (TPSA) is 72.9 Å². The summed E-state index contributed by atoms with van der Waals surface area (Å²) in [6, 6.07) is 18.9. The van der Waals surface area contributed by atoms with E-state index in [1.54, 1.807) is 6.08 Å². The number of β-lactam (4-membered cyclic amide) rings is 1. The Morgan fingerprint density at radius 2 is 1.74 bits per heavy atom. The number of fused-ring (bicyclic) bond motifs is 1. The average molecular weight is 476 g/mol. The zero-order valence-corrected chi connectivity index (χ0v) is 19.6. The SMILES string of the molecule is C=CC/C=C1\C(=O)N2C(C(=O)OC(c3ccccc3)c3ccccc3)=C(COC(C)=O)CS[C@H]12.